The highest BCUT2D eigenvalue weighted by Gasteiger charge is 2.10. The molecule has 1 saturated heterocycles. The number of amides is 1. The van der Waals surface area contributed by atoms with Gasteiger partial charge in [-0.05, 0) is 35.4 Å². The van der Waals surface area contributed by atoms with E-state index in [0.717, 1.165) is 55.2 Å². The van der Waals surface area contributed by atoms with Crippen LogP contribution in [-0.4, -0.2) is 52.3 Å². The first-order valence-electron chi connectivity index (χ1n) is 9.59. The van der Waals surface area contributed by atoms with Crippen molar-refractivity contribution in [2.75, 3.05) is 31.6 Å². The van der Waals surface area contributed by atoms with E-state index >= 15 is 0 Å². The number of benzene rings is 1. The molecule has 1 aliphatic rings. The van der Waals surface area contributed by atoms with Crippen LogP contribution in [0.5, 0.6) is 0 Å². The van der Waals surface area contributed by atoms with Gasteiger partial charge < -0.3 is 10.1 Å². The highest BCUT2D eigenvalue weighted by atomic mass is 16.5. The van der Waals surface area contributed by atoms with Crippen LogP contribution in [0.15, 0.2) is 61.2 Å². The zero-order chi connectivity index (χ0) is 19.9. The van der Waals surface area contributed by atoms with Gasteiger partial charge in [-0.1, -0.05) is 12.1 Å². The molecule has 0 bridgehead atoms. The smallest absolute Gasteiger partial charge is 0.248 e. The van der Waals surface area contributed by atoms with E-state index in [1.165, 1.54) is 11.6 Å². The van der Waals surface area contributed by atoms with E-state index in [1.54, 1.807) is 24.7 Å². The lowest BCUT2D eigenvalue weighted by molar-refractivity contribution is -0.111. The maximum atomic E-state index is 12.3. The van der Waals surface area contributed by atoms with Crippen LogP contribution < -0.4 is 5.32 Å². The predicted octanol–water partition coefficient (Wildman–Crippen LogP) is 2.96. The molecular weight excluding hydrogens is 366 g/mol. The zero-order valence-electron chi connectivity index (χ0n) is 16.0. The maximum Gasteiger partial charge on any atom is 0.248 e. The third kappa shape index (κ3) is 5.16. The summed E-state index contributed by atoms with van der Waals surface area (Å²) >= 11 is 0. The number of morpholine rings is 1. The molecule has 7 heteroatoms. The number of carbonyl (C=O) groups is 1. The SMILES string of the molecule is O=C(C=Cc1cnccc1-c1cn[nH]c1)Nc1ccc(CN2CCOCC2)cc1. The predicted molar refractivity (Wildman–Crippen MR) is 112 cm³/mol. The van der Waals surface area contributed by atoms with E-state index in [9.17, 15) is 4.79 Å². The van der Waals surface area contributed by atoms with Gasteiger partial charge in [0.1, 0.15) is 0 Å². The van der Waals surface area contributed by atoms with Gasteiger partial charge in [-0.2, -0.15) is 5.10 Å². The third-order valence-electron chi connectivity index (χ3n) is 4.81. The van der Waals surface area contributed by atoms with E-state index < -0.39 is 0 Å². The van der Waals surface area contributed by atoms with Gasteiger partial charge in [0.15, 0.2) is 0 Å². The van der Waals surface area contributed by atoms with Crippen LogP contribution in [0.3, 0.4) is 0 Å². The minimum Gasteiger partial charge on any atom is -0.379 e. The van der Waals surface area contributed by atoms with Crippen molar-refractivity contribution in [2.24, 2.45) is 0 Å². The number of H-pyrrole nitrogens is 1. The number of ether oxygens (including phenoxy) is 1. The van der Waals surface area contributed by atoms with Crippen LogP contribution in [0.4, 0.5) is 5.69 Å². The topological polar surface area (TPSA) is 83.1 Å². The van der Waals surface area contributed by atoms with E-state index in [2.05, 4.69) is 25.4 Å². The summed E-state index contributed by atoms with van der Waals surface area (Å²) < 4.78 is 5.38. The minimum absolute atomic E-state index is 0.187. The number of nitrogens with one attached hydrogen (secondary N) is 2. The van der Waals surface area contributed by atoms with Crippen LogP contribution in [0.2, 0.25) is 0 Å². The number of aromatic nitrogens is 3. The molecule has 0 saturated carbocycles. The average Bonchev–Trinajstić information content (AvgIpc) is 3.29. The molecule has 4 rings (SSSR count). The van der Waals surface area contributed by atoms with Crippen LogP contribution >= 0.6 is 0 Å². The molecule has 7 nitrogen and oxygen atoms in total. The molecule has 1 amide bonds. The highest BCUT2D eigenvalue weighted by Crippen LogP contribution is 2.22. The van der Waals surface area contributed by atoms with E-state index in [1.807, 2.05) is 36.5 Å². The van der Waals surface area contributed by atoms with Gasteiger partial charge in [-0.15, -0.1) is 0 Å². The molecule has 29 heavy (non-hydrogen) atoms. The molecule has 0 aliphatic carbocycles. The standard InChI is InChI=1S/C22H23N5O2/c28-22(6-3-18-13-23-8-7-21(18)19-14-24-25-15-19)26-20-4-1-17(2-5-20)16-27-9-11-29-12-10-27/h1-8,13-15H,9-12,16H2,(H,24,25)(H,26,28). The van der Waals surface area contributed by atoms with E-state index in [4.69, 9.17) is 4.74 Å². The van der Waals surface area contributed by atoms with Crippen molar-refractivity contribution in [1.29, 1.82) is 0 Å². The summed E-state index contributed by atoms with van der Waals surface area (Å²) in [5.74, 6) is -0.187. The Morgan fingerprint density at radius 2 is 2.00 bits per heavy atom. The molecule has 2 aromatic heterocycles. The van der Waals surface area contributed by atoms with Gasteiger partial charge in [-0.25, -0.2) is 0 Å². The molecule has 1 fully saturated rings. The van der Waals surface area contributed by atoms with Gasteiger partial charge >= 0.3 is 0 Å². The summed E-state index contributed by atoms with van der Waals surface area (Å²) in [6.45, 7) is 4.39. The Morgan fingerprint density at radius 1 is 1.17 bits per heavy atom. The number of nitrogens with zero attached hydrogens (tertiary/aromatic N) is 3. The summed E-state index contributed by atoms with van der Waals surface area (Å²) in [7, 11) is 0. The van der Waals surface area contributed by atoms with Crippen LogP contribution in [0.25, 0.3) is 17.2 Å². The molecule has 0 radical (unpaired) electrons. The monoisotopic (exact) mass is 389 g/mol. The van der Waals surface area contributed by atoms with Gasteiger partial charge in [0.2, 0.25) is 5.91 Å². The number of pyridine rings is 1. The lowest BCUT2D eigenvalue weighted by Gasteiger charge is -2.26. The maximum absolute atomic E-state index is 12.3. The Hall–Kier alpha value is -3.29. The molecule has 1 aromatic carbocycles. The van der Waals surface area contributed by atoms with E-state index in [-0.39, 0.29) is 5.91 Å². The molecule has 3 aromatic rings. The Balaban J connectivity index is 1.36. The Bertz CT molecular complexity index is 961. The fraction of sp³-hybridized carbons (Fsp3) is 0.227. The second-order valence-electron chi connectivity index (χ2n) is 6.86. The van der Waals surface area contributed by atoms with Crippen LogP contribution in [-0.2, 0) is 16.1 Å². The summed E-state index contributed by atoms with van der Waals surface area (Å²) in [4.78, 5) is 18.8. The first kappa shape index (κ1) is 19.0. The number of hydrogen-bond donors (Lipinski definition) is 2. The normalized spacial score (nSPS) is 14.9. The van der Waals surface area contributed by atoms with Crippen molar-refractivity contribution in [1.82, 2.24) is 20.1 Å². The van der Waals surface area contributed by atoms with E-state index in [0.29, 0.717) is 0 Å². The Kier molecular flexibility index (Phi) is 6.09. The number of carbonyl (C=O) groups excluding carboxylic acids is 1. The zero-order valence-corrected chi connectivity index (χ0v) is 16.0. The Labute approximate surface area is 169 Å². The van der Waals surface area contributed by atoms with Crippen molar-refractivity contribution in [3.63, 3.8) is 0 Å². The number of rotatable bonds is 6. The molecule has 0 spiro atoms. The van der Waals surface area contributed by atoms with Crippen LogP contribution in [0.1, 0.15) is 11.1 Å². The van der Waals surface area contributed by atoms with Gasteiger partial charge in [0.25, 0.3) is 0 Å². The fourth-order valence-corrected chi connectivity index (χ4v) is 3.26. The Morgan fingerprint density at radius 3 is 2.76 bits per heavy atom. The highest BCUT2D eigenvalue weighted by molar-refractivity contribution is 6.02. The summed E-state index contributed by atoms with van der Waals surface area (Å²) in [6, 6.07) is 9.86. The second kappa shape index (κ2) is 9.27. The number of aromatic amines is 1. The lowest BCUT2D eigenvalue weighted by Crippen LogP contribution is -2.35. The first-order chi connectivity index (χ1) is 14.3. The largest absolute Gasteiger partial charge is 0.379 e. The molecular formula is C22H23N5O2. The lowest BCUT2D eigenvalue weighted by atomic mass is 10.0. The fourth-order valence-electron chi connectivity index (χ4n) is 3.26. The van der Waals surface area contributed by atoms with Gasteiger partial charge in [0, 0.05) is 61.1 Å². The summed E-state index contributed by atoms with van der Waals surface area (Å²) in [5, 5.41) is 9.68. The number of anilines is 1. The molecule has 0 atom stereocenters. The third-order valence-corrected chi connectivity index (χ3v) is 4.81. The van der Waals surface area contributed by atoms with Crippen molar-refractivity contribution in [2.45, 2.75) is 6.54 Å². The van der Waals surface area contributed by atoms with Gasteiger partial charge in [-0.3, -0.25) is 19.8 Å². The molecule has 148 valence electrons. The van der Waals surface area contributed by atoms with Gasteiger partial charge in [0.05, 0.1) is 19.4 Å². The van der Waals surface area contributed by atoms with Crippen molar-refractivity contribution in [3.8, 4) is 11.1 Å². The second-order valence-corrected chi connectivity index (χ2v) is 6.86. The number of hydrogen-bond acceptors (Lipinski definition) is 5. The molecule has 0 unspecified atom stereocenters. The van der Waals surface area contributed by atoms with Crippen molar-refractivity contribution < 1.29 is 9.53 Å². The molecule has 2 N–H and O–H groups in total. The minimum atomic E-state index is -0.187. The first-order valence-corrected chi connectivity index (χ1v) is 9.59. The average molecular weight is 389 g/mol. The van der Waals surface area contributed by atoms with Crippen molar-refractivity contribution >= 4 is 17.7 Å². The summed E-state index contributed by atoms with van der Waals surface area (Å²) in [5.41, 5.74) is 4.76. The van der Waals surface area contributed by atoms with Crippen LogP contribution in [0, 0.1) is 0 Å². The summed E-state index contributed by atoms with van der Waals surface area (Å²) in [6.07, 6.45) is 10.3. The molecule has 3 heterocycles. The quantitative estimate of drug-likeness (QED) is 0.634. The molecule has 1 aliphatic heterocycles. The van der Waals surface area contributed by atoms with Crippen molar-refractivity contribution in [3.05, 3.63) is 72.3 Å².